The van der Waals surface area contributed by atoms with Crippen molar-refractivity contribution in [2.75, 3.05) is 5.32 Å². The van der Waals surface area contributed by atoms with Crippen LogP contribution in [-0.2, 0) is 0 Å². The molecule has 1 aromatic carbocycles. The number of nitrogens with one attached hydrogen (secondary N) is 1. The molecule has 2 bridgehead atoms. The van der Waals surface area contributed by atoms with Crippen LogP contribution in [0.4, 0.5) is 5.82 Å². The number of rotatable bonds is 4. The number of hydrogen-bond acceptors (Lipinski definition) is 4. The highest BCUT2D eigenvalue weighted by Gasteiger charge is 2.41. The zero-order valence-corrected chi connectivity index (χ0v) is 15.3. The highest BCUT2D eigenvalue weighted by molar-refractivity contribution is 7.13. The van der Waals surface area contributed by atoms with Crippen LogP contribution in [0.15, 0.2) is 41.8 Å². The predicted octanol–water partition coefficient (Wildman–Crippen LogP) is 5.59. The number of para-hydroxylation sites is 1. The van der Waals surface area contributed by atoms with E-state index >= 15 is 0 Å². The molecular formula is C21H23N3S. The van der Waals surface area contributed by atoms with Crippen LogP contribution in [0.5, 0.6) is 0 Å². The second kappa shape index (κ2) is 6.10. The molecule has 0 spiro atoms. The molecule has 4 heteroatoms. The van der Waals surface area contributed by atoms with Crippen LogP contribution < -0.4 is 5.32 Å². The Hall–Kier alpha value is -1.94. The summed E-state index contributed by atoms with van der Waals surface area (Å²) in [5, 5.41) is 6.97. The fourth-order valence-corrected chi connectivity index (χ4v) is 5.59. The average Bonchev–Trinajstić information content (AvgIpc) is 3.39. The fraction of sp³-hybridized carbons (Fsp3) is 0.429. The summed E-state index contributed by atoms with van der Waals surface area (Å²) < 4.78 is 0. The smallest absolute Gasteiger partial charge is 0.172 e. The number of hydrogen-bond donors (Lipinski definition) is 1. The summed E-state index contributed by atoms with van der Waals surface area (Å²) in [7, 11) is 0. The molecule has 1 N–H and O–H groups in total. The van der Waals surface area contributed by atoms with Crippen molar-refractivity contribution in [3.63, 3.8) is 0 Å². The highest BCUT2D eigenvalue weighted by Crippen LogP contribution is 2.50. The molecular weight excluding hydrogens is 326 g/mol. The van der Waals surface area contributed by atoms with Crippen molar-refractivity contribution >= 4 is 28.1 Å². The van der Waals surface area contributed by atoms with Crippen molar-refractivity contribution in [1.29, 1.82) is 0 Å². The van der Waals surface area contributed by atoms with Crippen molar-refractivity contribution in [3.05, 3.63) is 41.8 Å². The van der Waals surface area contributed by atoms with Crippen LogP contribution in [0.1, 0.15) is 32.6 Å². The Labute approximate surface area is 152 Å². The standard InChI is InChI=1S/C21H23N3S/c1-13(17-12-14-8-9-15(17)11-14)22-20-16-5-2-3-6-18(16)23-21(24-20)19-7-4-10-25-19/h2-7,10,13-15,17H,8-9,11-12H2,1H3,(H,22,23,24)/t13-,14-,15-,17+/m0/s1. The van der Waals surface area contributed by atoms with Crippen molar-refractivity contribution in [3.8, 4) is 10.7 Å². The third kappa shape index (κ3) is 2.73. The summed E-state index contributed by atoms with van der Waals surface area (Å²) in [5.74, 6) is 4.50. The summed E-state index contributed by atoms with van der Waals surface area (Å²) in [5.41, 5.74) is 1.02. The van der Waals surface area contributed by atoms with E-state index in [2.05, 4.69) is 54.0 Å². The van der Waals surface area contributed by atoms with E-state index in [1.807, 2.05) is 0 Å². The molecule has 25 heavy (non-hydrogen) atoms. The van der Waals surface area contributed by atoms with Crippen LogP contribution >= 0.6 is 11.3 Å². The molecule has 2 aliphatic carbocycles. The Balaban J connectivity index is 1.51. The van der Waals surface area contributed by atoms with Gasteiger partial charge in [-0.15, -0.1) is 11.3 Å². The third-order valence-corrected chi connectivity index (χ3v) is 7.01. The molecule has 2 aliphatic rings. The van der Waals surface area contributed by atoms with Gasteiger partial charge in [0.05, 0.1) is 10.4 Å². The van der Waals surface area contributed by atoms with Gasteiger partial charge in [0, 0.05) is 11.4 Å². The van der Waals surface area contributed by atoms with E-state index in [-0.39, 0.29) is 0 Å². The first-order chi connectivity index (χ1) is 12.3. The molecule has 0 saturated heterocycles. The summed E-state index contributed by atoms with van der Waals surface area (Å²) >= 11 is 1.69. The van der Waals surface area contributed by atoms with E-state index in [9.17, 15) is 0 Å². The topological polar surface area (TPSA) is 37.8 Å². The molecule has 2 aromatic heterocycles. The van der Waals surface area contributed by atoms with E-state index in [0.717, 1.165) is 45.2 Å². The van der Waals surface area contributed by atoms with Gasteiger partial charge in [0.1, 0.15) is 5.82 Å². The fourth-order valence-electron chi connectivity index (χ4n) is 4.93. The molecule has 2 saturated carbocycles. The molecule has 4 atom stereocenters. The summed E-state index contributed by atoms with van der Waals surface area (Å²) in [4.78, 5) is 10.8. The largest absolute Gasteiger partial charge is 0.367 e. The zero-order valence-electron chi connectivity index (χ0n) is 14.5. The lowest BCUT2D eigenvalue weighted by Gasteiger charge is -2.29. The first kappa shape index (κ1) is 15.3. The normalized spacial score (nSPS) is 26.2. The lowest BCUT2D eigenvalue weighted by molar-refractivity contribution is 0.304. The minimum atomic E-state index is 0.463. The number of aromatic nitrogens is 2. The number of benzene rings is 1. The Kier molecular flexibility index (Phi) is 3.74. The number of fused-ring (bicyclic) bond motifs is 3. The SMILES string of the molecule is C[C@H](Nc1nc(-c2cccs2)nc2ccccc12)[C@H]1C[C@H]2CC[C@H]1C2. The molecule has 0 radical (unpaired) electrons. The van der Waals surface area contributed by atoms with E-state index in [1.54, 1.807) is 11.3 Å². The first-order valence-corrected chi connectivity index (χ1v) is 10.2. The van der Waals surface area contributed by atoms with Gasteiger partial charge in [-0.25, -0.2) is 9.97 Å². The number of nitrogens with zero attached hydrogens (tertiary/aromatic N) is 2. The second-order valence-corrected chi connectivity index (χ2v) is 8.61. The molecule has 2 fully saturated rings. The van der Waals surface area contributed by atoms with Gasteiger partial charge in [-0.3, -0.25) is 0 Å². The molecule has 2 heterocycles. The van der Waals surface area contributed by atoms with E-state index in [0.29, 0.717) is 6.04 Å². The molecule has 0 unspecified atom stereocenters. The maximum Gasteiger partial charge on any atom is 0.172 e. The maximum atomic E-state index is 4.91. The van der Waals surface area contributed by atoms with Gasteiger partial charge in [0.25, 0.3) is 0 Å². The molecule has 0 amide bonds. The Morgan fingerprint density at radius 1 is 1.08 bits per heavy atom. The van der Waals surface area contributed by atoms with Crippen molar-refractivity contribution in [2.45, 2.75) is 38.6 Å². The van der Waals surface area contributed by atoms with E-state index in [4.69, 9.17) is 9.97 Å². The average molecular weight is 350 g/mol. The van der Waals surface area contributed by atoms with Crippen LogP contribution in [0.25, 0.3) is 21.6 Å². The van der Waals surface area contributed by atoms with Crippen LogP contribution in [-0.4, -0.2) is 16.0 Å². The van der Waals surface area contributed by atoms with E-state index < -0.39 is 0 Å². The first-order valence-electron chi connectivity index (χ1n) is 9.35. The van der Waals surface area contributed by atoms with Crippen LogP contribution in [0.2, 0.25) is 0 Å². The minimum absolute atomic E-state index is 0.463. The van der Waals surface area contributed by atoms with Crippen LogP contribution in [0, 0.1) is 17.8 Å². The molecule has 5 rings (SSSR count). The summed E-state index contributed by atoms with van der Waals surface area (Å²) in [6, 6.07) is 13.0. The molecule has 0 aliphatic heterocycles. The quantitative estimate of drug-likeness (QED) is 0.667. The Bertz CT molecular complexity index is 889. The van der Waals surface area contributed by atoms with Crippen molar-refractivity contribution < 1.29 is 0 Å². The lowest BCUT2D eigenvalue weighted by atomic mass is 9.84. The van der Waals surface area contributed by atoms with Gasteiger partial charge in [0.2, 0.25) is 0 Å². The predicted molar refractivity (Wildman–Crippen MR) is 105 cm³/mol. The highest BCUT2D eigenvalue weighted by atomic mass is 32.1. The van der Waals surface area contributed by atoms with Crippen molar-refractivity contribution in [1.82, 2.24) is 9.97 Å². The summed E-state index contributed by atoms with van der Waals surface area (Å²) in [6.07, 6.45) is 5.71. The zero-order chi connectivity index (χ0) is 16.8. The monoisotopic (exact) mass is 349 g/mol. The van der Waals surface area contributed by atoms with Gasteiger partial charge in [0.15, 0.2) is 5.82 Å². The Morgan fingerprint density at radius 3 is 2.76 bits per heavy atom. The van der Waals surface area contributed by atoms with Gasteiger partial charge < -0.3 is 5.32 Å². The Morgan fingerprint density at radius 2 is 2.00 bits per heavy atom. The maximum absolute atomic E-state index is 4.91. The van der Waals surface area contributed by atoms with Gasteiger partial charge >= 0.3 is 0 Å². The third-order valence-electron chi connectivity index (χ3n) is 6.14. The van der Waals surface area contributed by atoms with Crippen LogP contribution in [0.3, 0.4) is 0 Å². The summed E-state index contributed by atoms with van der Waals surface area (Å²) in [6.45, 7) is 2.34. The van der Waals surface area contributed by atoms with Gasteiger partial charge in [-0.05, 0) is 67.5 Å². The van der Waals surface area contributed by atoms with E-state index in [1.165, 1.54) is 25.7 Å². The van der Waals surface area contributed by atoms with Gasteiger partial charge in [-0.2, -0.15) is 0 Å². The number of anilines is 1. The number of thiophene rings is 1. The molecule has 128 valence electrons. The molecule has 3 aromatic rings. The second-order valence-electron chi connectivity index (χ2n) is 7.66. The lowest BCUT2D eigenvalue weighted by Crippen LogP contribution is -2.30. The van der Waals surface area contributed by atoms with Crippen molar-refractivity contribution in [2.24, 2.45) is 17.8 Å². The van der Waals surface area contributed by atoms with Gasteiger partial charge in [-0.1, -0.05) is 24.6 Å². The minimum Gasteiger partial charge on any atom is -0.367 e. The molecule has 3 nitrogen and oxygen atoms in total.